The molecule has 2 N–H and O–H groups in total. The molecule has 0 saturated carbocycles. The highest BCUT2D eigenvalue weighted by molar-refractivity contribution is 5.80. The van der Waals surface area contributed by atoms with Gasteiger partial charge in [-0.05, 0) is 25.2 Å². The van der Waals surface area contributed by atoms with Gasteiger partial charge in [0.25, 0.3) is 0 Å². The van der Waals surface area contributed by atoms with Crippen molar-refractivity contribution in [2.24, 2.45) is 16.3 Å². The first kappa shape index (κ1) is 19.2. The van der Waals surface area contributed by atoms with Crippen molar-refractivity contribution in [3.05, 3.63) is 0 Å². The lowest BCUT2D eigenvalue weighted by atomic mass is 9.89. The summed E-state index contributed by atoms with van der Waals surface area (Å²) in [6.07, 6.45) is 0.152. The number of nitrogens with zero attached hydrogens (tertiary/aromatic N) is 2. The van der Waals surface area contributed by atoms with Crippen LogP contribution in [0.2, 0.25) is 0 Å². The van der Waals surface area contributed by atoms with Gasteiger partial charge in [-0.3, -0.25) is 9.89 Å². The van der Waals surface area contributed by atoms with Gasteiger partial charge in [0.2, 0.25) is 0 Å². The maximum absolute atomic E-state index is 5.60. The molecule has 3 atom stereocenters. The van der Waals surface area contributed by atoms with E-state index in [9.17, 15) is 0 Å². The number of rotatable bonds is 5. The quantitative estimate of drug-likeness (QED) is 0.602. The molecule has 1 fully saturated rings. The Morgan fingerprint density at radius 1 is 1.32 bits per heavy atom. The van der Waals surface area contributed by atoms with Crippen LogP contribution in [0.15, 0.2) is 4.99 Å². The van der Waals surface area contributed by atoms with Gasteiger partial charge in [0, 0.05) is 45.9 Å². The molecule has 5 heteroatoms. The SMILES string of the molecule is CN=C(NCC(OC)C(C)(C)C)NC1CN(C(C)C)CC1C. The van der Waals surface area contributed by atoms with Crippen LogP contribution in [0.1, 0.15) is 41.5 Å². The van der Waals surface area contributed by atoms with Crippen LogP contribution in [0.25, 0.3) is 0 Å². The lowest BCUT2D eigenvalue weighted by Gasteiger charge is -2.30. The normalized spacial score (nSPS) is 25.6. The van der Waals surface area contributed by atoms with Crippen LogP contribution in [0, 0.1) is 11.3 Å². The van der Waals surface area contributed by atoms with Gasteiger partial charge in [0.15, 0.2) is 5.96 Å². The Morgan fingerprint density at radius 3 is 2.36 bits per heavy atom. The van der Waals surface area contributed by atoms with Crippen LogP contribution < -0.4 is 10.6 Å². The van der Waals surface area contributed by atoms with Gasteiger partial charge in [-0.15, -0.1) is 0 Å². The molecular weight excluding hydrogens is 276 g/mol. The average molecular weight is 313 g/mol. The molecule has 3 unspecified atom stereocenters. The second-order valence-electron chi connectivity index (χ2n) is 7.82. The lowest BCUT2D eigenvalue weighted by molar-refractivity contribution is 0.0205. The standard InChI is InChI=1S/C17H36N4O/c1-12(2)21-10-13(3)14(11-21)20-16(18-7)19-9-15(22-8)17(4,5)6/h12-15H,9-11H2,1-8H3,(H2,18,19,20). The zero-order valence-corrected chi connectivity index (χ0v) is 15.7. The number of methoxy groups -OCH3 is 1. The zero-order chi connectivity index (χ0) is 16.9. The van der Waals surface area contributed by atoms with Crippen LogP contribution in [0.5, 0.6) is 0 Å². The summed E-state index contributed by atoms with van der Waals surface area (Å²) < 4.78 is 5.60. The molecule has 22 heavy (non-hydrogen) atoms. The fraction of sp³-hybridized carbons (Fsp3) is 0.941. The van der Waals surface area contributed by atoms with Crippen LogP contribution >= 0.6 is 0 Å². The molecule has 0 spiro atoms. The topological polar surface area (TPSA) is 48.9 Å². The maximum atomic E-state index is 5.60. The summed E-state index contributed by atoms with van der Waals surface area (Å²) in [5.74, 6) is 1.50. The van der Waals surface area contributed by atoms with E-state index in [1.165, 1.54) is 0 Å². The predicted molar refractivity (Wildman–Crippen MR) is 94.4 cm³/mol. The fourth-order valence-electron chi connectivity index (χ4n) is 2.92. The highest BCUT2D eigenvalue weighted by Gasteiger charge is 2.31. The second kappa shape index (κ2) is 8.16. The van der Waals surface area contributed by atoms with Crippen LogP contribution in [-0.2, 0) is 4.74 Å². The first-order chi connectivity index (χ1) is 10.2. The summed E-state index contributed by atoms with van der Waals surface area (Å²) in [6.45, 7) is 16.4. The molecule has 130 valence electrons. The molecule has 1 heterocycles. The first-order valence-corrected chi connectivity index (χ1v) is 8.43. The van der Waals surface area contributed by atoms with Crippen molar-refractivity contribution in [2.45, 2.75) is 59.7 Å². The smallest absolute Gasteiger partial charge is 0.191 e. The van der Waals surface area contributed by atoms with Crippen molar-refractivity contribution in [1.29, 1.82) is 0 Å². The predicted octanol–water partition coefficient (Wildman–Crippen LogP) is 1.94. The molecule has 1 rings (SSSR count). The summed E-state index contributed by atoms with van der Waals surface area (Å²) in [5.41, 5.74) is 0.107. The molecule has 0 bridgehead atoms. The van der Waals surface area contributed by atoms with E-state index in [1.54, 1.807) is 7.11 Å². The number of nitrogens with one attached hydrogen (secondary N) is 2. The van der Waals surface area contributed by atoms with E-state index in [4.69, 9.17) is 4.74 Å². The van der Waals surface area contributed by atoms with E-state index in [0.29, 0.717) is 18.0 Å². The minimum absolute atomic E-state index is 0.107. The molecule has 1 aliphatic heterocycles. The third kappa shape index (κ3) is 5.43. The number of hydrogen-bond donors (Lipinski definition) is 2. The number of guanidine groups is 1. The second-order valence-corrected chi connectivity index (χ2v) is 7.82. The molecule has 5 nitrogen and oxygen atoms in total. The van der Waals surface area contributed by atoms with Gasteiger partial charge in [-0.1, -0.05) is 27.7 Å². The number of hydrogen-bond acceptors (Lipinski definition) is 3. The molecular formula is C17H36N4O. The van der Waals surface area contributed by atoms with Gasteiger partial charge >= 0.3 is 0 Å². The highest BCUT2D eigenvalue weighted by atomic mass is 16.5. The third-order valence-corrected chi connectivity index (χ3v) is 4.62. The van der Waals surface area contributed by atoms with Crippen molar-refractivity contribution in [3.8, 4) is 0 Å². The van der Waals surface area contributed by atoms with Crippen molar-refractivity contribution in [1.82, 2.24) is 15.5 Å². The van der Waals surface area contributed by atoms with E-state index in [0.717, 1.165) is 25.6 Å². The summed E-state index contributed by atoms with van der Waals surface area (Å²) in [6, 6.07) is 1.05. The van der Waals surface area contributed by atoms with E-state index >= 15 is 0 Å². The number of ether oxygens (including phenoxy) is 1. The zero-order valence-electron chi connectivity index (χ0n) is 15.7. The summed E-state index contributed by atoms with van der Waals surface area (Å²) in [5, 5.41) is 6.99. The Balaban J connectivity index is 2.53. The molecule has 1 saturated heterocycles. The number of aliphatic imine (C=N–C) groups is 1. The summed E-state index contributed by atoms with van der Waals surface area (Å²) in [4.78, 5) is 6.88. The van der Waals surface area contributed by atoms with Crippen molar-refractivity contribution < 1.29 is 4.74 Å². The van der Waals surface area contributed by atoms with Crippen LogP contribution in [0.3, 0.4) is 0 Å². The van der Waals surface area contributed by atoms with Gasteiger partial charge in [0.05, 0.1) is 6.10 Å². The van der Waals surface area contributed by atoms with Crippen molar-refractivity contribution in [3.63, 3.8) is 0 Å². The molecule has 0 radical (unpaired) electrons. The van der Waals surface area contributed by atoms with E-state index in [2.05, 4.69) is 62.1 Å². The molecule has 1 aliphatic rings. The van der Waals surface area contributed by atoms with Crippen LogP contribution in [0.4, 0.5) is 0 Å². The average Bonchev–Trinajstić information content (AvgIpc) is 2.78. The van der Waals surface area contributed by atoms with Gasteiger partial charge in [0.1, 0.15) is 0 Å². The Morgan fingerprint density at radius 2 is 1.95 bits per heavy atom. The van der Waals surface area contributed by atoms with Crippen molar-refractivity contribution in [2.75, 3.05) is 33.8 Å². The highest BCUT2D eigenvalue weighted by Crippen LogP contribution is 2.21. The number of likely N-dealkylation sites (tertiary alicyclic amines) is 1. The Labute approximate surface area is 136 Å². The maximum Gasteiger partial charge on any atom is 0.191 e. The third-order valence-electron chi connectivity index (χ3n) is 4.62. The fourth-order valence-corrected chi connectivity index (χ4v) is 2.92. The monoisotopic (exact) mass is 312 g/mol. The van der Waals surface area contributed by atoms with E-state index in [-0.39, 0.29) is 11.5 Å². The first-order valence-electron chi connectivity index (χ1n) is 8.43. The molecule has 0 aliphatic carbocycles. The molecule has 0 amide bonds. The summed E-state index contributed by atoms with van der Waals surface area (Å²) >= 11 is 0. The minimum atomic E-state index is 0.107. The molecule has 0 aromatic carbocycles. The van der Waals surface area contributed by atoms with Crippen molar-refractivity contribution >= 4 is 5.96 Å². The molecule has 0 aromatic rings. The largest absolute Gasteiger partial charge is 0.379 e. The lowest BCUT2D eigenvalue weighted by Crippen LogP contribution is -2.50. The van der Waals surface area contributed by atoms with E-state index < -0.39 is 0 Å². The Kier molecular flexibility index (Phi) is 7.13. The van der Waals surface area contributed by atoms with E-state index in [1.807, 2.05) is 7.05 Å². The van der Waals surface area contributed by atoms with Gasteiger partial charge in [-0.2, -0.15) is 0 Å². The minimum Gasteiger partial charge on any atom is -0.379 e. The van der Waals surface area contributed by atoms with Gasteiger partial charge in [-0.25, -0.2) is 0 Å². The molecule has 0 aromatic heterocycles. The summed E-state index contributed by atoms with van der Waals surface area (Å²) in [7, 11) is 3.60. The van der Waals surface area contributed by atoms with Crippen LogP contribution in [-0.4, -0.2) is 62.8 Å². The Bertz CT molecular complexity index is 362. The Hall–Kier alpha value is -0.810. The van der Waals surface area contributed by atoms with Gasteiger partial charge < -0.3 is 15.4 Å².